The SMILES string of the molecule is CNC1CCN(C/C=C/c2ccccc2)C1. The Hall–Kier alpha value is -1.12. The van der Waals surface area contributed by atoms with Crippen LogP contribution >= 0.6 is 0 Å². The predicted molar refractivity (Wildman–Crippen MR) is 69.4 cm³/mol. The highest BCUT2D eigenvalue weighted by molar-refractivity contribution is 5.48. The van der Waals surface area contributed by atoms with Crippen molar-refractivity contribution in [3.05, 3.63) is 42.0 Å². The Morgan fingerprint density at radius 3 is 2.88 bits per heavy atom. The standard InChI is InChI=1S/C14H20N2/c1-15-14-9-11-16(12-14)10-5-8-13-6-3-2-4-7-13/h2-8,14-15H,9-12H2,1H3/b8-5+. The van der Waals surface area contributed by atoms with E-state index in [0.29, 0.717) is 6.04 Å². The van der Waals surface area contributed by atoms with Crippen molar-refractivity contribution in [1.29, 1.82) is 0 Å². The van der Waals surface area contributed by atoms with Crippen LogP contribution in [0.1, 0.15) is 12.0 Å². The molecule has 1 aliphatic rings. The van der Waals surface area contributed by atoms with E-state index in [-0.39, 0.29) is 0 Å². The summed E-state index contributed by atoms with van der Waals surface area (Å²) in [6, 6.07) is 11.2. The summed E-state index contributed by atoms with van der Waals surface area (Å²) in [7, 11) is 2.05. The van der Waals surface area contributed by atoms with Gasteiger partial charge < -0.3 is 5.32 Å². The first-order valence-corrected chi connectivity index (χ1v) is 5.99. The molecule has 1 aromatic rings. The zero-order valence-electron chi connectivity index (χ0n) is 9.89. The molecule has 0 spiro atoms. The summed E-state index contributed by atoms with van der Waals surface area (Å²) in [5.41, 5.74) is 1.28. The molecule has 0 saturated carbocycles. The number of likely N-dealkylation sites (N-methyl/N-ethyl adjacent to an activating group) is 1. The normalized spacial score (nSPS) is 21.9. The van der Waals surface area contributed by atoms with E-state index >= 15 is 0 Å². The second kappa shape index (κ2) is 5.83. The molecule has 16 heavy (non-hydrogen) atoms. The van der Waals surface area contributed by atoms with E-state index in [1.807, 2.05) is 7.05 Å². The van der Waals surface area contributed by atoms with Crippen molar-refractivity contribution >= 4 is 6.08 Å². The Morgan fingerprint density at radius 2 is 2.19 bits per heavy atom. The highest BCUT2D eigenvalue weighted by Crippen LogP contribution is 2.08. The van der Waals surface area contributed by atoms with Crippen LogP contribution in [0, 0.1) is 0 Å². The maximum Gasteiger partial charge on any atom is 0.0204 e. The van der Waals surface area contributed by atoms with Gasteiger partial charge in [-0.25, -0.2) is 0 Å². The molecule has 1 heterocycles. The van der Waals surface area contributed by atoms with E-state index < -0.39 is 0 Å². The molecule has 1 fully saturated rings. The maximum atomic E-state index is 3.34. The van der Waals surface area contributed by atoms with Crippen LogP contribution in [0.2, 0.25) is 0 Å². The van der Waals surface area contributed by atoms with Crippen LogP contribution in [0.5, 0.6) is 0 Å². The Labute approximate surface area is 98.0 Å². The lowest BCUT2D eigenvalue weighted by atomic mass is 10.2. The largest absolute Gasteiger partial charge is 0.316 e. The van der Waals surface area contributed by atoms with Crippen molar-refractivity contribution in [1.82, 2.24) is 10.2 Å². The Balaban J connectivity index is 1.78. The van der Waals surface area contributed by atoms with Gasteiger partial charge in [-0.1, -0.05) is 42.5 Å². The molecule has 0 bridgehead atoms. The molecule has 1 atom stereocenters. The van der Waals surface area contributed by atoms with E-state index in [1.54, 1.807) is 0 Å². The number of rotatable bonds is 4. The fraction of sp³-hybridized carbons (Fsp3) is 0.429. The number of nitrogens with zero attached hydrogens (tertiary/aromatic N) is 1. The van der Waals surface area contributed by atoms with E-state index in [9.17, 15) is 0 Å². The van der Waals surface area contributed by atoms with Gasteiger partial charge in [0.1, 0.15) is 0 Å². The number of hydrogen-bond donors (Lipinski definition) is 1. The Kier molecular flexibility index (Phi) is 4.14. The van der Waals surface area contributed by atoms with Crippen molar-refractivity contribution in [3.8, 4) is 0 Å². The predicted octanol–water partition coefficient (Wildman–Crippen LogP) is 1.99. The molecule has 0 aliphatic carbocycles. The minimum Gasteiger partial charge on any atom is -0.316 e. The zero-order valence-corrected chi connectivity index (χ0v) is 9.89. The van der Waals surface area contributed by atoms with E-state index in [4.69, 9.17) is 0 Å². The summed E-state index contributed by atoms with van der Waals surface area (Å²) in [6.07, 6.45) is 5.73. The van der Waals surface area contributed by atoms with Crippen molar-refractivity contribution in [2.45, 2.75) is 12.5 Å². The smallest absolute Gasteiger partial charge is 0.0204 e. The number of benzene rings is 1. The molecule has 0 aromatic heterocycles. The summed E-state index contributed by atoms with van der Waals surface area (Å²) in [5, 5.41) is 3.34. The first-order chi connectivity index (χ1) is 7.88. The Bertz CT molecular complexity index is 332. The number of likely N-dealkylation sites (tertiary alicyclic amines) is 1. The molecule has 1 saturated heterocycles. The van der Waals surface area contributed by atoms with Gasteiger partial charge in [-0.15, -0.1) is 0 Å². The molecule has 2 rings (SSSR count). The Morgan fingerprint density at radius 1 is 1.38 bits per heavy atom. The van der Waals surface area contributed by atoms with Gasteiger partial charge in [0.05, 0.1) is 0 Å². The molecule has 86 valence electrons. The molecule has 0 radical (unpaired) electrons. The second-order valence-corrected chi connectivity index (χ2v) is 4.35. The van der Waals surface area contributed by atoms with Crippen LogP contribution in [0.15, 0.2) is 36.4 Å². The third-order valence-electron chi connectivity index (χ3n) is 3.15. The fourth-order valence-corrected chi connectivity index (χ4v) is 2.14. The molecule has 2 nitrogen and oxygen atoms in total. The molecule has 0 amide bonds. The van der Waals surface area contributed by atoms with E-state index in [0.717, 1.165) is 6.54 Å². The highest BCUT2D eigenvalue weighted by Gasteiger charge is 2.19. The summed E-state index contributed by atoms with van der Waals surface area (Å²) in [5.74, 6) is 0. The van der Waals surface area contributed by atoms with Crippen molar-refractivity contribution in [2.75, 3.05) is 26.7 Å². The summed E-state index contributed by atoms with van der Waals surface area (Å²) >= 11 is 0. The molecular weight excluding hydrogens is 196 g/mol. The minimum absolute atomic E-state index is 0.685. The molecule has 1 aliphatic heterocycles. The topological polar surface area (TPSA) is 15.3 Å². The van der Waals surface area contributed by atoms with Gasteiger partial charge in [0.2, 0.25) is 0 Å². The van der Waals surface area contributed by atoms with Crippen LogP contribution < -0.4 is 5.32 Å². The quantitative estimate of drug-likeness (QED) is 0.828. The van der Waals surface area contributed by atoms with Crippen molar-refractivity contribution in [2.24, 2.45) is 0 Å². The number of hydrogen-bond acceptors (Lipinski definition) is 2. The maximum absolute atomic E-state index is 3.34. The molecule has 1 unspecified atom stereocenters. The van der Waals surface area contributed by atoms with Crippen molar-refractivity contribution in [3.63, 3.8) is 0 Å². The third-order valence-corrected chi connectivity index (χ3v) is 3.15. The average molecular weight is 216 g/mol. The third kappa shape index (κ3) is 3.19. The monoisotopic (exact) mass is 216 g/mol. The zero-order chi connectivity index (χ0) is 11.2. The van der Waals surface area contributed by atoms with Gasteiger partial charge >= 0.3 is 0 Å². The van der Waals surface area contributed by atoms with Crippen LogP contribution in [-0.2, 0) is 0 Å². The summed E-state index contributed by atoms with van der Waals surface area (Å²) < 4.78 is 0. The van der Waals surface area contributed by atoms with Gasteiger partial charge in [-0.2, -0.15) is 0 Å². The number of nitrogens with one attached hydrogen (secondary N) is 1. The van der Waals surface area contributed by atoms with E-state index in [2.05, 4.69) is 52.7 Å². The lowest BCUT2D eigenvalue weighted by Gasteiger charge is -2.12. The van der Waals surface area contributed by atoms with E-state index in [1.165, 1.54) is 25.1 Å². The first-order valence-electron chi connectivity index (χ1n) is 5.99. The first kappa shape index (κ1) is 11.4. The van der Waals surface area contributed by atoms with Gasteiger partial charge in [0.25, 0.3) is 0 Å². The molecular formula is C14H20N2. The van der Waals surface area contributed by atoms with Gasteiger partial charge in [0.15, 0.2) is 0 Å². The minimum atomic E-state index is 0.685. The lowest BCUT2D eigenvalue weighted by Crippen LogP contribution is -2.29. The summed E-state index contributed by atoms with van der Waals surface area (Å²) in [6.45, 7) is 3.45. The van der Waals surface area contributed by atoms with Gasteiger partial charge in [-0.3, -0.25) is 4.90 Å². The molecule has 2 heteroatoms. The van der Waals surface area contributed by atoms with Crippen LogP contribution in [-0.4, -0.2) is 37.6 Å². The summed E-state index contributed by atoms with van der Waals surface area (Å²) in [4.78, 5) is 2.49. The lowest BCUT2D eigenvalue weighted by molar-refractivity contribution is 0.366. The van der Waals surface area contributed by atoms with Gasteiger partial charge in [0, 0.05) is 25.7 Å². The van der Waals surface area contributed by atoms with Crippen LogP contribution in [0.4, 0.5) is 0 Å². The van der Waals surface area contributed by atoms with Crippen LogP contribution in [0.3, 0.4) is 0 Å². The second-order valence-electron chi connectivity index (χ2n) is 4.35. The fourth-order valence-electron chi connectivity index (χ4n) is 2.14. The van der Waals surface area contributed by atoms with Crippen molar-refractivity contribution < 1.29 is 0 Å². The molecule has 1 N–H and O–H groups in total. The molecule has 1 aromatic carbocycles. The van der Waals surface area contributed by atoms with Crippen LogP contribution in [0.25, 0.3) is 6.08 Å². The average Bonchev–Trinajstić information content (AvgIpc) is 2.78. The van der Waals surface area contributed by atoms with Gasteiger partial charge in [-0.05, 0) is 19.0 Å². The highest BCUT2D eigenvalue weighted by atomic mass is 15.2.